The first-order valence-electron chi connectivity index (χ1n) is 11.3. The molecule has 3 heteroatoms. The van der Waals surface area contributed by atoms with Gasteiger partial charge in [0.05, 0.1) is 6.17 Å². The third kappa shape index (κ3) is 2.58. The van der Waals surface area contributed by atoms with Crippen LogP contribution in [0.5, 0.6) is 0 Å². The number of nitrogens with one attached hydrogen (secondary N) is 1. The molecule has 154 valence electrons. The molecule has 3 saturated carbocycles. The van der Waals surface area contributed by atoms with Gasteiger partial charge in [-0.05, 0) is 87.2 Å². The van der Waals surface area contributed by atoms with Crippen molar-refractivity contribution in [1.82, 2.24) is 5.32 Å². The molecule has 0 aromatic rings. The van der Waals surface area contributed by atoms with Gasteiger partial charge in [0.1, 0.15) is 0 Å². The molecule has 0 spiro atoms. The molecule has 7 atom stereocenters. The van der Waals surface area contributed by atoms with Gasteiger partial charge in [0.2, 0.25) is 0 Å². The maximum atomic E-state index is 12.0. The minimum Gasteiger partial charge on any atom is -0.316 e. The summed E-state index contributed by atoms with van der Waals surface area (Å²) < 4.78 is 0. The van der Waals surface area contributed by atoms with Crippen LogP contribution in [0.3, 0.4) is 0 Å². The molecule has 0 radical (unpaired) electrons. The van der Waals surface area contributed by atoms with Crippen molar-refractivity contribution in [3.05, 3.63) is 36.0 Å². The largest absolute Gasteiger partial charge is 0.316 e. The highest BCUT2D eigenvalue weighted by Crippen LogP contribution is 2.68. The molecule has 0 saturated heterocycles. The molecule has 0 amide bonds. The normalized spacial score (nSPS) is 45.7. The van der Waals surface area contributed by atoms with Gasteiger partial charge < -0.3 is 5.73 Å². The van der Waals surface area contributed by atoms with Crippen LogP contribution in [0.25, 0.3) is 0 Å². The molecule has 0 aliphatic heterocycles. The van der Waals surface area contributed by atoms with Crippen LogP contribution < -0.4 is 11.1 Å². The number of ketones is 1. The maximum absolute atomic E-state index is 12.0. The molecule has 28 heavy (non-hydrogen) atoms. The number of fused-ring (bicyclic) bond motifs is 5. The minimum atomic E-state index is -0.0407. The van der Waals surface area contributed by atoms with Crippen LogP contribution in [0.1, 0.15) is 72.6 Å². The Morgan fingerprint density at radius 2 is 2.00 bits per heavy atom. The molecule has 3 N–H and O–H groups in total. The van der Waals surface area contributed by atoms with Crippen LogP contribution in [0.4, 0.5) is 0 Å². The van der Waals surface area contributed by atoms with E-state index in [-0.39, 0.29) is 28.3 Å². The molecule has 3 fully saturated rings. The smallest absolute Gasteiger partial charge is 0.178 e. The van der Waals surface area contributed by atoms with Gasteiger partial charge in [0.25, 0.3) is 0 Å². The Balaban J connectivity index is 1.71. The number of hydrogen-bond donors (Lipinski definition) is 2. The van der Waals surface area contributed by atoms with Crippen molar-refractivity contribution in [2.75, 3.05) is 0 Å². The standard InChI is InChI=1S/C25H38N2O/c1-6-16(2)25(27-17(3)26)14-11-22-20-8-7-18-15-19(28)9-12-23(18,4)21(20)10-13-24(22,25)5/h9,12,15,17,20-22,27H,2,6-8,10-11,13-14,26H2,1,3-5H3/t17?,20?,21?,22?,23?,24?,25-/m0/s1. The Labute approximate surface area is 170 Å². The summed E-state index contributed by atoms with van der Waals surface area (Å²) >= 11 is 0. The van der Waals surface area contributed by atoms with Crippen molar-refractivity contribution in [2.45, 2.75) is 84.3 Å². The number of hydrogen-bond acceptors (Lipinski definition) is 3. The number of nitrogens with two attached hydrogens (primary N) is 1. The highest BCUT2D eigenvalue weighted by Gasteiger charge is 2.64. The van der Waals surface area contributed by atoms with E-state index in [4.69, 9.17) is 5.73 Å². The molecular weight excluding hydrogens is 344 g/mol. The van der Waals surface area contributed by atoms with Crippen LogP contribution in [0.15, 0.2) is 36.0 Å². The summed E-state index contributed by atoms with van der Waals surface area (Å²) in [5, 5.41) is 3.82. The van der Waals surface area contributed by atoms with E-state index >= 15 is 0 Å². The zero-order chi connectivity index (χ0) is 20.3. The average molecular weight is 383 g/mol. The van der Waals surface area contributed by atoms with E-state index in [1.54, 1.807) is 0 Å². The summed E-state index contributed by atoms with van der Waals surface area (Å²) in [4.78, 5) is 12.0. The Morgan fingerprint density at radius 1 is 1.29 bits per heavy atom. The van der Waals surface area contributed by atoms with Crippen molar-refractivity contribution in [3.8, 4) is 0 Å². The van der Waals surface area contributed by atoms with Crippen LogP contribution in [-0.2, 0) is 4.79 Å². The van der Waals surface area contributed by atoms with Gasteiger partial charge in [-0.25, -0.2) is 0 Å². The molecule has 0 aromatic heterocycles. The Morgan fingerprint density at radius 3 is 2.68 bits per heavy atom. The lowest BCUT2D eigenvalue weighted by Gasteiger charge is -2.60. The van der Waals surface area contributed by atoms with Gasteiger partial charge in [-0.15, -0.1) is 0 Å². The highest BCUT2D eigenvalue weighted by molar-refractivity contribution is 6.01. The number of rotatable bonds is 4. The van der Waals surface area contributed by atoms with Crippen LogP contribution in [0.2, 0.25) is 0 Å². The second kappa shape index (κ2) is 6.67. The summed E-state index contributed by atoms with van der Waals surface area (Å²) in [5.74, 6) is 2.24. The van der Waals surface area contributed by atoms with E-state index in [0.717, 1.165) is 25.2 Å². The zero-order valence-corrected chi connectivity index (χ0v) is 18.2. The van der Waals surface area contributed by atoms with Crippen LogP contribution in [0, 0.1) is 28.6 Å². The van der Waals surface area contributed by atoms with Gasteiger partial charge in [0.15, 0.2) is 5.78 Å². The Hall–Kier alpha value is -1.19. The Kier molecular flexibility index (Phi) is 4.79. The van der Waals surface area contributed by atoms with E-state index in [0.29, 0.717) is 11.8 Å². The average Bonchev–Trinajstić information content (AvgIpc) is 2.94. The molecule has 4 aliphatic carbocycles. The highest BCUT2D eigenvalue weighted by atomic mass is 16.1. The van der Waals surface area contributed by atoms with E-state index in [2.05, 4.69) is 45.7 Å². The van der Waals surface area contributed by atoms with Crippen molar-refractivity contribution >= 4 is 5.78 Å². The van der Waals surface area contributed by atoms with E-state index in [9.17, 15) is 4.79 Å². The summed E-state index contributed by atoms with van der Waals surface area (Å²) in [6, 6.07) is 0. The van der Waals surface area contributed by atoms with Crippen molar-refractivity contribution in [1.29, 1.82) is 0 Å². The minimum absolute atomic E-state index is 0.0257. The summed E-state index contributed by atoms with van der Waals surface area (Å²) in [7, 11) is 0. The lowest BCUT2D eigenvalue weighted by Crippen LogP contribution is -2.63. The topological polar surface area (TPSA) is 55.1 Å². The number of allylic oxidation sites excluding steroid dienone is 4. The summed E-state index contributed by atoms with van der Waals surface area (Å²) in [5.41, 5.74) is 9.23. The predicted octanol–water partition coefficient (Wildman–Crippen LogP) is 4.89. The van der Waals surface area contributed by atoms with Gasteiger partial charge in [0, 0.05) is 11.0 Å². The molecule has 4 rings (SSSR count). The number of carbonyl (C=O) groups is 1. The molecule has 0 heterocycles. The summed E-state index contributed by atoms with van der Waals surface area (Å²) in [6.07, 6.45) is 14.1. The first kappa shape index (κ1) is 20.1. The monoisotopic (exact) mass is 382 g/mol. The van der Waals surface area contributed by atoms with E-state index in [1.165, 1.54) is 36.8 Å². The van der Waals surface area contributed by atoms with Crippen molar-refractivity contribution in [3.63, 3.8) is 0 Å². The zero-order valence-electron chi connectivity index (χ0n) is 18.2. The van der Waals surface area contributed by atoms with Crippen molar-refractivity contribution < 1.29 is 4.79 Å². The predicted molar refractivity (Wildman–Crippen MR) is 116 cm³/mol. The molecule has 0 bridgehead atoms. The third-order valence-electron chi connectivity index (χ3n) is 9.26. The Bertz CT molecular complexity index is 750. The second-order valence-electron chi connectivity index (χ2n) is 10.4. The quantitative estimate of drug-likeness (QED) is 0.537. The van der Waals surface area contributed by atoms with Crippen molar-refractivity contribution in [2.24, 2.45) is 34.3 Å². The van der Waals surface area contributed by atoms with Gasteiger partial charge in [-0.2, -0.15) is 0 Å². The first-order chi connectivity index (χ1) is 13.2. The van der Waals surface area contributed by atoms with Crippen LogP contribution in [-0.4, -0.2) is 17.5 Å². The summed E-state index contributed by atoms with van der Waals surface area (Å²) in [6.45, 7) is 13.7. The lowest BCUT2D eigenvalue weighted by atomic mass is 9.46. The molecule has 4 aliphatic rings. The second-order valence-corrected chi connectivity index (χ2v) is 10.4. The van der Waals surface area contributed by atoms with Crippen LogP contribution >= 0.6 is 0 Å². The van der Waals surface area contributed by atoms with E-state index in [1.807, 2.05) is 12.2 Å². The fourth-order valence-corrected chi connectivity index (χ4v) is 7.85. The molecule has 0 aromatic carbocycles. The first-order valence-corrected chi connectivity index (χ1v) is 11.3. The fourth-order valence-electron chi connectivity index (χ4n) is 7.85. The molecular formula is C25H38N2O. The van der Waals surface area contributed by atoms with Gasteiger partial charge in [-0.3, -0.25) is 10.1 Å². The molecule has 6 unspecified atom stereocenters. The van der Waals surface area contributed by atoms with E-state index < -0.39 is 0 Å². The van der Waals surface area contributed by atoms with Gasteiger partial charge >= 0.3 is 0 Å². The van der Waals surface area contributed by atoms with Gasteiger partial charge in [-0.1, -0.05) is 44.6 Å². The molecule has 3 nitrogen and oxygen atoms in total. The lowest BCUT2D eigenvalue weighted by molar-refractivity contribution is -0.111. The third-order valence-corrected chi connectivity index (χ3v) is 9.26. The SMILES string of the molecule is C=C(CC)[C@@]1(NC(C)N)CCC2C3CCC4=CC(=O)C=CC4(C)C3CCC21C. The maximum Gasteiger partial charge on any atom is 0.178 e. The fraction of sp³-hybridized carbons (Fsp3) is 0.720. The number of carbonyl (C=O) groups excluding carboxylic acids is 1.